The van der Waals surface area contributed by atoms with E-state index in [0.717, 1.165) is 17.2 Å². The maximum atomic E-state index is 5.98. The predicted molar refractivity (Wildman–Crippen MR) is 65.4 cm³/mol. The van der Waals surface area contributed by atoms with Gasteiger partial charge in [-0.3, -0.25) is 0 Å². The quantitative estimate of drug-likeness (QED) is 0.805. The van der Waals surface area contributed by atoms with Crippen molar-refractivity contribution in [3.8, 4) is 0 Å². The summed E-state index contributed by atoms with van der Waals surface area (Å²) in [6.07, 6.45) is 3.98. The highest BCUT2D eigenvalue weighted by Crippen LogP contribution is 2.15. The lowest BCUT2D eigenvalue weighted by atomic mass is 10.2. The summed E-state index contributed by atoms with van der Waals surface area (Å²) in [5.41, 5.74) is 6.94. The van der Waals surface area contributed by atoms with Crippen molar-refractivity contribution in [1.82, 2.24) is 20.1 Å². The number of hydrogen-bond donors (Lipinski definition) is 2. The van der Waals surface area contributed by atoms with Gasteiger partial charge in [0.15, 0.2) is 5.82 Å². The molecule has 2 aromatic heterocycles. The molecule has 0 bridgehead atoms. The Bertz CT molecular complexity index is 441. The third-order valence-corrected chi connectivity index (χ3v) is 3.10. The van der Waals surface area contributed by atoms with Crippen LogP contribution in [0.5, 0.6) is 0 Å². The first-order valence-electron chi connectivity index (χ1n) is 5.42. The molecule has 0 saturated heterocycles. The zero-order chi connectivity index (χ0) is 12.1. The van der Waals surface area contributed by atoms with E-state index in [2.05, 4.69) is 27.0 Å². The molecule has 1 atom stereocenters. The average Bonchev–Trinajstić information content (AvgIpc) is 2.96. The maximum absolute atomic E-state index is 5.98. The van der Waals surface area contributed by atoms with Crippen molar-refractivity contribution in [2.24, 2.45) is 5.73 Å². The number of thioether (sulfide) groups is 1. The molecule has 17 heavy (non-hydrogen) atoms. The van der Waals surface area contributed by atoms with Crippen LogP contribution in [-0.4, -0.2) is 25.9 Å². The second-order valence-corrected chi connectivity index (χ2v) is 4.85. The van der Waals surface area contributed by atoms with E-state index in [1.165, 1.54) is 0 Å². The van der Waals surface area contributed by atoms with E-state index in [-0.39, 0.29) is 6.04 Å². The average molecular weight is 253 g/mol. The van der Waals surface area contributed by atoms with Gasteiger partial charge in [0.2, 0.25) is 5.89 Å². The highest BCUT2D eigenvalue weighted by atomic mass is 32.2. The Morgan fingerprint density at radius 1 is 1.59 bits per heavy atom. The van der Waals surface area contributed by atoms with Crippen molar-refractivity contribution in [3.05, 3.63) is 29.9 Å². The lowest BCUT2D eigenvalue weighted by Crippen LogP contribution is -2.14. The van der Waals surface area contributed by atoms with Gasteiger partial charge in [-0.15, -0.1) is 0 Å². The van der Waals surface area contributed by atoms with Gasteiger partial charge in [-0.2, -0.15) is 16.7 Å². The van der Waals surface area contributed by atoms with Crippen molar-refractivity contribution in [2.75, 3.05) is 5.75 Å². The monoisotopic (exact) mass is 253 g/mol. The number of H-pyrrole nitrogens is 1. The molecular formula is C10H15N5OS. The van der Waals surface area contributed by atoms with Crippen LogP contribution in [-0.2, 0) is 12.2 Å². The number of aromatic nitrogens is 4. The van der Waals surface area contributed by atoms with Gasteiger partial charge in [0.05, 0.1) is 18.1 Å². The second-order valence-electron chi connectivity index (χ2n) is 3.57. The Hall–Kier alpha value is -1.34. The van der Waals surface area contributed by atoms with Crippen molar-refractivity contribution < 1.29 is 4.52 Å². The topological polar surface area (TPSA) is 93.6 Å². The van der Waals surface area contributed by atoms with E-state index in [0.29, 0.717) is 18.1 Å². The molecule has 0 saturated carbocycles. The van der Waals surface area contributed by atoms with E-state index < -0.39 is 0 Å². The molecule has 0 fully saturated rings. The molecule has 0 radical (unpaired) electrons. The molecule has 0 aliphatic carbocycles. The van der Waals surface area contributed by atoms with Crippen LogP contribution in [0.3, 0.4) is 0 Å². The Labute approximate surface area is 103 Å². The van der Waals surface area contributed by atoms with E-state index in [4.69, 9.17) is 10.3 Å². The van der Waals surface area contributed by atoms with E-state index >= 15 is 0 Å². The molecule has 7 heteroatoms. The van der Waals surface area contributed by atoms with Gasteiger partial charge in [-0.1, -0.05) is 12.1 Å². The van der Waals surface area contributed by atoms with Crippen molar-refractivity contribution in [1.29, 1.82) is 0 Å². The smallest absolute Gasteiger partial charge is 0.243 e. The van der Waals surface area contributed by atoms with Gasteiger partial charge in [0, 0.05) is 18.3 Å². The number of nitrogens with one attached hydrogen (secondary N) is 1. The minimum Gasteiger partial charge on any atom is -0.348 e. The molecule has 0 aliphatic rings. The molecule has 1 unspecified atom stereocenters. The zero-order valence-corrected chi connectivity index (χ0v) is 10.4. The van der Waals surface area contributed by atoms with Crippen LogP contribution >= 0.6 is 11.8 Å². The molecular weight excluding hydrogens is 238 g/mol. The highest BCUT2D eigenvalue weighted by Gasteiger charge is 2.15. The number of aromatic amines is 1. The summed E-state index contributed by atoms with van der Waals surface area (Å²) in [4.78, 5) is 11.2. The number of nitrogens with zero attached hydrogens (tertiary/aromatic N) is 3. The van der Waals surface area contributed by atoms with Gasteiger partial charge in [-0.05, 0) is 5.75 Å². The predicted octanol–water partition coefficient (Wildman–Crippen LogP) is 1.29. The van der Waals surface area contributed by atoms with Gasteiger partial charge >= 0.3 is 0 Å². The second kappa shape index (κ2) is 5.83. The number of hydrogen-bond acceptors (Lipinski definition) is 6. The molecule has 0 amide bonds. The Balaban J connectivity index is 1.94. The van der Waals surface area contributed by atoms with Gasteiger partial charge < -0.3 is 15.2 Å². The van der Waals surface area contributed by atoms with Crippen LogP contribution in [0.25, 0.3) is 0 Å². The maximum Gasteiger partial charge on any atom is 0.243 e. The summed E-state index contributed by atoms with van der Waals surface area (Å²) in [5, 5.41) is 3.89. The van der Waals surface area contributed by atoms with Crippen molar-refractivity contribution in [3.63, 3.8) is 0 Å². The van der Waals surface area contributed by atoms with Crippen molar-refractivity contribution >= 4 is 11.8 Å². The minimum atomic E-state index is -0.289. The fraction of sp³-hybridized carbons (Fsp3) is 0.500. The molecule has 0 aromatic carbocycles. The largest absolute Gasteiger partial charge is 0.348 e. The molecule has 92 valence electrons. The molecule has 6 nitrogen and oxygen atoms in total. The van der Waals surface area contributed by atoms with Crippen LogP contribution in [0.4, 0.5) is 0 Å². The number of rotatable bonds is 6. The SMILES string of the molecule is CCSCc1noc(C(N)Cc2cnc[nH]2)n1. The standard InChI is InChI=1S/C10H15N5OS/c1-2-17-5-9-14-10(16-15-9)8(11)3-7-4-12-6-13-7/h4,6,8H,2-3,5,11H2,1H3,(H,12,13). The molecule has 2 heterocycles. The molecule has 0 aliphatic heterocycles. The Morgan fingerprint density at radius 2 is 2.47 bits per heavy atom. The highest BCUT2D eigenvalue weighted by molar-refractivity contribution is 7.98. The van der Waals surface area contributed by atoms with Crippen LogP contribution < -0.4 is 5.73 Å². The van der Waals surface area contributed by atoms with E-state index in [1.54, 1.807) is 24.3 Å². The Morgan fingerprint density at radius 3 is 3.18 bits per heavy atom. The van der Waals surface area contributed by atoms with E-state index in [1.807, 2.05) is 0 Å². The summed E-state index contributed by atoms with van der Waals surface area (Å²) >= 11 is 1.75. The van der Waals surface area contributed by atoms with E-state index in [9.17, 15) is 0 Å². The molecule has 3 N–H and O–H groups in total. The summed E-state index contributed by atoms with van der Waals surface area (Å²) < 4.78 is 5.14. The van der Waals surface area contributed by atoms with Crippen molar-refractivity contribution in [2.45, 2.75) is 25.1 Å². The van der Waals surface area contributed by atoms with Crippen LogP contribution in [0.15, 0.2) is 17.0 Å². The number of nitrogens with two attached hydrogens (primary N) is 1. The third kappa shape index (κ3) is 3.31. The number of imidazole rings is 1. The Kier molecular flexibility index (Phi) is 4.16. The molecule has 0 spiro atoms. The first-order chi connectivity index (χ1) is 8.29. The fourth-order valence-corrected chi connectivity index (χ4v) is 1.89. The third-order valence-electron chi connectivity index (χ3n) is 2.23. The summed E-state index contributed by atoms with van der Waals surface area (Å²) in [6, 6.07) is -0.289. The lowest BCUT2D eigenvalue weighted by molar-refractivity contribution is 0.350. The van der Waals surface area contributed by atoms with Crippen LogP contribution in [0, 0.1) is 0 Å². The first-order valence-corrected chi connectivity index (χ1v) is 6.58. The van der Waals surface area contributed by atoms with Gasteiger partial charge in [-0.25, -0.2) is 4.98 Å². The summed E-state index contributed by atoms with van der Waals surface area (Å²) in [6.45, 7) is 2.09. The van der Waals surface area contributed by atoms with Crippen LogP contribution in [0.2, 0.25) is 0 Å². The zero-order valence-electron chi connectivity index (χ0n) is 9.59. The first kappa shape index (κ1) is 12.1. The minimum absolute atomic E-state index is 0.289. The van der Waals surface area contributed by atoms with Crippen LogP contribution in [0.1, 0.15) is 30.4 Å². The summed E-state index contributed by atoms with van der Waals surface area (Å²) in [5.74, 6) is 2.97. The molecule has 2 rings (SSSR count). The van der Waals surface area contributed by atoms with Gasteiger partial charge in [0.1, 0.15) is 0 Å². The lowest BCUT2D eigenvalue weighted by Gasteiger charge is -2.03. The molecule has 2 aromatic rings. The fourth-order valence-electron chi connectivity index (χ4n) is 1.39. The van der Waals surface area contributed by atoms with Gasteiger partial charge in [0.25, 0.3) is 0 Å². The normalized spacial score (nSPS) is 12.8. The summed E-state index contributed by atoms with van der Waals surface area (Å²) in [7, 11) is 0.